The van der Waals surface area contributed by atoms with Crippen molar-refractivity contribution in [3.8, 4) is 11.5 Å². The number of halogens is 2. The lowest BCUT2D eigenvalue weighted by molar-refractivity contribution is 0.0659. The summed E-state index contributed by atoms with van der Waals surface area (Å²) in [5, 5.41) is 9.14. The van der Waals surface area contributed by atoms with Gasteiger partial charge in [-0.25, -0.2) is 14.2 Å². The Kier molecular flexibility index (Phi) is 3.56. The minimum atomic E-state index is -1.21. The molecular formula is C14H13ClFNO3. The SMILES string of the molecule is CC(C)(C)c1nc(-c2ccc(Cl)c(F)c2)oc1C(=O)O. The van der Waals surface area contributed by atoms with Crippen LogP contribution < -0.4 is 0 Å². The van der Waals surface area contributed by atoms with Crippen molar-refractivity contribution < 1.29 is 18.7 Å². The molecule has 1 aromatic carbocycles. The van der Waals surface area contributed by atoms with E-state index in [1.54, 1.807) is 0 Å². The van der Waals surface area contributed by atoms with E-state index in [1.165, 1.54) is 12.1 Å². The van der Waals surface area contributed by atoms with Crippen LogP contribution >= 0.6 is 11.6 Å². The predicted molar refractivity (Wildman–Crippen MR) is 72.6 cm³/mol. The van der Waals surface area contributed by atoms with Crippen molar-refractivity contribution in [1.82, 2.24) is 4.98 Å². The van der Waals surface area contributed by atoms with Crippen LogP contribution in [0.1, 0.15) is 37.0 Å². The van der Waals surface area contributed by atoms with Crippen molar-refractivity contribution in [2.24, 2.45) is 0 Å². The first-order valence-electron chi connectivity index (χ1n) is 5.90. The van der Waals surface area contributed by atoms with Gasteiger partial charge in [-0.05, 0) is 18.2 Å². The molecule has 0 spiro atoms. The Bertz CT molecular complexity index is 674. The largest absolute Gasteiger partial charge is 0.475 e. The number of rotatable bonds is 2. The van der Waals surface area contributed by atoms with Crippen LogP contribution in [0.15, 0.2) is 22.6 Å². The van der Waals surface area contributed by atoms with Crippen molar-refractivity contribution in [2.75, 3.05) is 0 Å². The summed E-state index contributed by atoms with van der Waals surface area (Å²) in [7, 11) is 0. The Balaban J connectivity index is 2.58. The average molecular weight is 298 g/mol. The summed E-state index contributed by atoms with van der Waals surface area (Å²) in [5.74, 6) is -1.99. The highest BCUT2D eigenvalue weighted by molar-refractivity contribution is 6.30. The van der Waals surface area contributed by atoms with Gasteiger partial charge in [-0.1, -0.05) is 32.4 Å². The summed E-state index contributed by atoms with van der Waals surface area (Å²) >= 11 is 5.61. The summed E-state index contributed by atoms with van der Waals surface area (Å²) in [6.45, 7) is 5.47. The molecule has 1 N–H and O–H groups in total. The lowest BCUT2D eigenvalue weighted by atomic mass is 9.91. The van der Waals surface area contributed by atoms with Gasteiger partial charge in [-0.15, -0.1) is 0 Å². The Morgan fingerprint density at radius 1 is 1.40 bits per heavy atom. The van der Waals surface area contributed by atoms with Gasteiger partial charge in [-0.3, -0.25) is 0 Å². The summed E-state index contributed by atoms with van der Waals surface area (Å²) in [5.41, 5.74) is 0.153. The van der Waals surface area contributed by atoms with Gasteiger partial charge in [-0.2, -0.15) is 0 Å². The molecule has 0 fully saturated rings. The number of hydrogen-bond acceptors (Lipinski definition) is 3. The Morgan fingerprint density at radius 3 is 2.50 bits per heavy atom. The molecule has 2 aromatic rings. The van der Waals surface area contributed by atoms with E-state index in [9.17, 15) is 9.18 Å². The average Bonchev–Trinajstić information content (AvgIpc) is 2.77. The van der Waals surface area contributed by atoms with Crippen LogP contribution in [0.3, 0.4) is 0 Å². The summed E-state index contributed by atoms with van der Waals surface area (Å²) < 4.78 is 18.7. The number of nitrogens with zero attached hydrogens (tertiary/aromatic N) is 1. The molecule has 106 valence electrons. The third kappa shape index (κ3) is 2.67. The zero-order chi connectivity index (χ0) is 15.1. The van der Waals surface area contributed by atoms with Crippen molar-refractivity contribution in [3.63, 3.8) is 0 Å². The number of aromatic nitrogens is 1. The van der Waals surface area contributed by atoms with Crippen LogP contribution in [0.25, 0.3) is 11.5 Å². The molecule has 6 heteroatoms. The molecule has 0 bridgehead atoms. The first-order chi connectivity index (χ1) is 9.20. The first-order valence-corrected chi connectivity index (χ1v) is 6.28. The molecule has 0 unspecified atom stereocenters. The van der Waals surface area contributed by atoms with E-state index < -0.39 is 17.2 Å². The van der Waals surface area contributed by atoms with Gasteiger partial charge in [0.25, 0.3) is 0 Å². The van der Waals surface area contributed by atoms with Crippen LogP contribution in [0.4, 0.5) is 4.39 Å². The molecule has 0 amide bonds. The summed E-state index contributed by atoms with van der Waals surface area (Å²) in [6, 6.07) is 4.05. The fourth-order valence-electron chi connectivity index (χ4n) is 1.73. The first kappa shape index (κ1) is 14.5. The minimum absolute atomic E-state index is 0.0187. The highest BCUT2D eigenvalue weighted by Crippen LogP contribution is 2.31. The van der Waals surface area contributed by atoms with Gasteiger partial charge in [0.1, 0.15) is 11.5 Å². The van der Waals surface area contributed by atoms with Crippen molar-refractivity contribution in [1.29, 1.82) is 0 Å². The fraction of sp³-hybridized carbons (Fsp3) is 0.286. The van der Waals surface area contributed by atoms with E-state index >= 15 is 0 Å². The maximum absolute atomic E-state index is 13.4. The Labute approximate surface area is 120 Å². The molecule has 20 heavy (non-hydrogen) atoms. The molecule has 0 saturated carbocycles. The van der Waals surface area contributed by atoms with E-state index in [1.807, 2.05) is 20.8 Å². The molecule has 0 saturated heterocycles. The monoisotopic (exact) mass is 297 g/mol. The fourth-order valence-corrected chi connectivity index (χ4v) is 1.84. The molecule has 4 nitrogen and oxygen atoms in total. The lowest BCUT2D eigenvalue weighted by Crippen LogP contribution is -2.16. The van der Waals surface area contributed by atoms with Crippen LogP contribution in [0, 0.1) is 5.82 Å². The molecular weight excluding hydrogens is 285 g/mol. The van der Waals surface area contributed by atoms with Gasteiger partial charge >= 0.3 is 5.97 Å². The van der Waals surface area contributed by atoms with E-state index in [0.29, 0.717) is 11.3 Å². The standard InChI is InChI=1S/C14H13ClFNO3/c1-14(2,3)11-10(13(18)19)20-12(17-11)7-4-5-8(15)9(16)6-7/h4-6H,1-3H3,(H,18,19). The van der Waals surface area contributed by atoms with Crippen LogP contribution in [-0.2, 0) is 5.41 Å². The molecule has 0 aliphatic carbocycles. The molecule has 1 heterocycles. The van der Waals surface area contributed by atoms with Crippen molar-refractivity contribution in [2.45, 2.75) is 26.2 Å². The molecule has 0 atom stereocenters. The summed E-state index contributed by atoms with van der Waals surface area (Å²) in [6.07, 6.45) is 0. The topological polar surface area (TPSA) is 63.3 Å². The van der Waals surface area contributed by atoms with Gasteiger partial charge in [0, 0.05) is 11.0 Å². The molecule has 2 rings (SSSR count). The van der Waals surface area contributed by atoms with E-state index in [0.717, 1.165) is 6.07 Å². The third-order valence-electron chi connectivity index (χ3n) is 2.70. The van der Waals surface area contributed by atoms with Crippen LogP contribution in [-0.4, -0.2) is 16.1 Å². The number of hydrogen-bond donors (Lipinski definition) is 1. The minimum Gasteiger partial charge on any atom is -0.475 e. The predicted octanol–water partition coefficient (Wildman–Crippen LogP) is 4.13. The van der Waals surface area contributed by atoms with E-state index in [-0.39, 0.29) is 16.7 Å². The second-order valence-corrected chi connectivity index (χ2v) is 5.79. The molecule has 0 radical (unpaired) electrons. The van der Waals surface area contributed by atoms with Crippen molar-refractivity contribution >= 4 is 17.6 Å². The van der Waals surface area contributed by atoms with Gasteiger partial charge in [0.15, 0.2) is 0 Å². The maximum Gasteiger partial charge on any atom is 0.373 e. The zero-order valence-corrected chi connectivity index (χ0v) is 12.0. The van der Waals surface area contributed by atoms with Gasteiger partial charge in [0.2, 0.25) is 11.7 Å². The number of carboxylic acids is 1. The zero-order valence-electron chi connectivity index (χ0n) is 11.2. The Morgan fingerprint density at radius 2 is 2.05 bits per heavy atom. The number of carboxylic acid groups (broad SMARTS) is 1. The van der Waals surface area contributed by atoms with Crippen LogP contribution in [0.5, 0.6) is 0 Å². The number of benzene rings is 1. The summed E-state index contributed by atoms with van der Waals surface area (Å²) in [4.78, 5) is 15.4. The van der Waals surface area contributed by atoms with Crippen molar-refractivity contribution in [3.05, 3.63) is 40.5 Å². The third-order valence-corrected chi connectivity index (χ3v) is 3.00. The molecule has 0 aliphatic rings. The van der Waals surface area contributed by atoms with Gasteiger partial charge in [0.05, 0.1) is 5.02 Å². The Hall–Kier alpha value is -1.88. The number of carbonyl (C=O) groups is 1. The number of aromatic carboxylic acids is 1. The van der Waals surface area contributed by atoms with E-state index in [4.69, 9.17) is 21.1 Å². The van der Waals surface area contributed by atoms with Crippen LogP contribution in [0.2, 0.25) is 5.02 Å². The number of oxazole rings is 1. The highest BCUT2D eigenvalue weighted by atomic mass is 35.5. The molecule has 1 aromatic heterocycles. The maximum atomic E-state index is 13.4. The second-order valence-electron chi connectivity index (χ2n) is 5.38. The highest BCUT2D eigenvalue weighted by Gasteiger charge is 2.29. The van der Waals surface area contributed by atoms with Gasteiger partial charge < -0.3 is 9.52 Å². The lowest BCUT2D eigenvalue weighted by Gasteiger charge is -2.14. The normalized spacial score (nSPS) is 11.7. The van der Waals surface area contributed by atoms with E-state index in [2.05, 4.69) is 4.98 Å². The quantitative estimate of drug-likeness (QED) is 0.905. The second kappa shape index (κ2) is 4.90. The molecule has 0 aliphatic heterocycles. The smallest absolute Gasteiger partial charge is 0.373 e.